The predicted molar refractivity (Wildman–Crippen MR) is 74.7 cm³/mol. The molecule has 0 saturated heterocycles. The Kier molecular flexibility index (Phi) is 4.12. The summed E-state index contributed by atoms with van der Waals surface area (Å²) in [6.45, 7) is 2.70. The molecule has 0 saturated carbocycles. The molecule has 0 radical (unpaired) electrons. The van der Waals surface area contributed by atoms with Crippen molar-refractivity contribution < 1.29 is 0 Å². The van der Waals surface area contributed by atoms with Crippen molar-refractivity contribution in [3.8, 4) is 12.1 Å². The largest absolute Gasteiger partial charge is 0.379 e. The van der Waals surface area contributed by atoms with Gasteiger partial charge in [0.1, 0.15) is 12.1 Å². The Morgan fingerprint density at radius 2 is 2.05 bits per heavy atom. The van der Waals surface area contributed by atoms with Crippen LogP contribution in [0, 0.1) is 22.7 Å². The van der Waals surface area contributed by atoms with Gasteiger partial charge in [-0.25, -0.2) is 4.98 Å². The van der Waals surface area contributed by atoms with E-state index in [1.54, 1.807) is 29.5 Å². The summed E-state index contributed by atoms with van der Waals surface area (Å²) in [4.78, 5) is 4.46. The van der Waals surface area contributed by atoms with E-state index in [4.69, 9.17) is 10.5 Å². The minimum atomic E-state index is 0.389. The molecule has 0 fully saturated rings. The molecule has 0 aliphatic carbocycles. The number of thiazole rings is 1. The molecule has 1 heterocycles. The lowest BCUT2D eigenvalue weighted by Crippen LogP contribution is -2.00. The van der Waals surface area contributed by atoms with Crippen LogP contribution in [0.5, 0.6) is 0 Å². The van der Waals surface area contributed by atoms with E-state index in [0.29, 0.717) is 17.7 Å². The van der Waals surface area contributed by atoms with Gasteiger partial charge in [-0.2, -0.15) is 10.5 Å². The molecule has 2 rings (SSSR count). The highest BCUT2D eigenvalue weighted by atomic mass is 32.1. The first-order valence-electron chi connectivity index (χ1n) is 5.88. The van der Waals surface area contributed by atoms with Crippen molar-refractivity contribution in [2.75, 3.05) is 5.32 Å². The molecule has 0 atom stereocenters. The fraction of sp³-hybridized carbons (Fsp3) is 0.214. The summed E-state index contributed by atoms with van der Waals surface area (Å²) in [6, 6.07) is 9.16. The van der Waals surface area contributed by atoms with Crippen molar-refractivity contribution in [3.63, 3.8) is 0 Å². The van der Waals surface area contributed by atoms with Crippen LogP contribution in [0.1, 0.15) is 28.8 Å². The predicted octanol–water partition coefficient (Wildman–Crippen LogP) is 3.06. The number of hydrogen-bond donors (Lipinski definition) is 1. The number of nitrogens with one attached hydrogen (secondary N) is 1. The topological polar surface area (TPSA) is 72.5 Å². The molecule has 1 aromatic heterocycles. The highest BCUT2D eigenvalue weighted by Gasteiger charge is 2.04. The number of aryl methyl sites for hydroxylation is 1. The molecule has 4 nitrogen and oxygen atoms in total. The molecule has 1 N–H and O–H groups in total. The minimum absolute atomic E-state index is 0.389. The van der Waals surface area contributed by atoms with Crippen LogP contribution in [0.4, 0.5) is 5.69 Å². The van der Waals surface area contributed by atoms with Crippen molar-refractivity contribution in [2.45, 2.75) is 19.9 Å². The normalized spacial score (nSPS) is 9.63. The van der Waals surface area contributed by atoms with Gasteiger partial charge in [0.2, 0.25) is 0 Å². The highest BCUT2D eigenvalue weighted by Crippen LogP contribution is 2.16. The first-order valence-corrected chi connectivity index (χ1v) is 6.76. The van der Waals surface area contributed by atoms with Crippen molar-refractivity contribution in [3.05, 3.63) is 45.4 Å². The quantitative estimate of drug-likeness (QED) is 0.925. The Bertz CT molecular complexity index is 661. The number of rotatable bonds is 4. The Morgan fingerprint density at radius 1 is 1.26 bits per heavy atom. The fourth-order valence-electron chi connectivity index (χ4n) is 1.63. The van der Waals surface area contributed by atoms with E-state index < -0.39 is 0 Å². The first kappa shape index (κ1) is 13.1. The monoisotopic (exact) mass is 268 g/mol. The Morgan fingerprint density at radius 3 is 2.68 bits per heavy atom. The third-order valence-electron chi connectivity index (χ3n) is 2.64. The summed E-state index contributed by atoms with van der Waals surface area (Å²) >= 11 is 1.65. The van der Waals surface area contributed by atoms with Gasteiger partial charge in [-0.05, 0) is 24.6 Å². The zero-order chi connectivity index (χ0) is 13.7. The lowest BCUT2D eigenvalue weighted by molar-refractivity contribution is 1.01. The van der Waals surface area contributed by atoms with Crippen LogP contribution < -0.4 is 5.32 Å². The molecule has 0 bridgehead atoms. The molecular formula is C14H12N4S. The van der Waals surface area contributed by atoms with Gasteiger partial charge in [0.05, 0.1) is 28.4 Å². The molecule has 0 spiro atoms. The summed E-state index contributed by atoms with van der Waals surface area (Å²) in [6.07, 6.45) is 0.945. The number of anilines is 1. The van der Waals surface area contributed by atoms with Crippen LogP contribution in [0.3, 0.4) is 0 Å². The van der Waals surface area contributed by atoms with Crippen LogP contribution in [-0.2, 0) is 13.0 Å². The summed E-state index contributed by atoms with van der Waals surface area (Å²) in [5.74, 6) is 0. The van der Waals surface area contributed by atoms with Gasteiger partial charge in [0.25, 0.3) is 0 Å². The number of nitrogens with zero attached hydrogens (tertiary/aromatic N) is 3. The van der Waals surface area contributed by atoms with Crippen molar-refractivity contribution in [1.82, 2.24) is 4.98 Å². The molecule has 0 amide bonds. The zero-order valence-electron chi connectivity index (χ0n) is 10.5. The maximum Gasteiger partial charge on any atom is 0.101 e. The van der Waals surface area contributed by atoms with Crippen LogP contribution in [-0.4, -0.2) is 4.98 Å². The number of benzene rings is 1. The van der Waals surface area contributed by atoms with E-state index in [2.05, 4.69) is 17.2 Å². The van der Waals surface area contributed by atoms with Crippen molar-refractivity contribution in [2.24, 2.45) is 0 Å². The molecule has 0 unspecified atom stereocenters. The summed E-state index contributed by atoms with van der Waals surface area (Å²) in [7, 11) is 0. The average Bonchev–Trinajstić information content (AvgIpc) is 2.92. The van der Waals surface area contributed by atoms with E-state index in [1.165, 1.54) is 0 Å². The van der Waals surface area contributed by atoms with Crippen LogP contribution in [0.25, 0.3) is 0 Å². The highest BCUT2D eigenvalue weighted by molar-refractivity contribution is 7.09. The van der Waals surface area contributed by atoms with Gasteiger partial charge < -0.3 is 5.32 Å². The van der Waals surface area contributed by atoms with E-state index in [9.17, 15) is 0 Å². The van der Waals surface area contributed by atoms with Gasteiger partial charge >= 0.3 is 0 Å². The second-order valence-corrected chi connectivity index (χ2v) is 4.87. The number of nitriles is 2. The van der Waals surface area contributed by atoms with Gasteiger partial charge in [0, 0.05) is 11.1 Å². The Hall–Kier alpha value is -2.37. The minimum Gasteiger partial charge on any atom is -0.379 e. The molecule has 5 heteroatoms. The van der Waals surface area contributed by atoms with E-state index in [-0.39, 0.29) is 0 Å². The summed E-state index contributed by atoms with van der Waals surface area (Å²) < 4.78 is 0. The van der Waals surface area contributed by atoms with E-state index in [0.717, 1.165) is 22.8 Å². The van der Waals surface area contributed by atoms with Crippen LogP contribution in [0.2, 0.25) is 0 Å². The molecule has 0 aliphatic rings. The average molecular weight is 268 g/mol. The fourth-order valence-corrected chi connectivity index (χ4v) is 2.37. The van der Waals surface area contributed by atoms with E-state index >= 15 is 0 Å². The Balaban J connectivity index is 2.08. The second kappa shape index (κ2) is 5.99. The molecular weight excluding hydrogens is 256 g/mol. The van der Waals surface area contributed by atoms with Gasteiger partial charge in [-0.1, -0.05) is 6.92 Å². The maximum absolute atomic E-state index is 8.95. The standard InChI is InChI=1S/C14H12N4S/c1-2-14-18-13(9-19-14)8-17-12-4-3-10(6-15)11(5-12)7-16/h3-5,9,17H,2,8H2,1H3. The van der Waals surface area contributed by atoms with E-state index in [1.807, 2.05) is 17.5 Å². The second-order valence-electron chi connectivity index (χ2n) is 3.92. The number of hydrogen-bond acceptors (Lipinski definition) is 5. The molecule has 0 aliphatic heterocycles. The molecule has 94 valence electrons. The number of aromatic nitrogens is 1. The molecule has 2 aromatic rings. The van der Waals surface area contributed by atoms with Crippen LogP contribution in [0.15, 0.2) is 23.6 Å². The Labute approximate surface area is 116 Å². The molecule has 19 heavy (non-hydrogen) atoms. The maximum atomic E-state index is 8.95. The summed E-state index contributed by atoms with van der Waals surface area (Å²) in [5.41, 5.74) is 2.60. The van der Waals surface area contributed by atoms with Gasteiger partial charge in [-0.15, -0.1) is 11.3 Å². The van der Waals surface area contributed by atoms with Crippen LogP contribution >= 0.6 is 11.3 Å². The zero-order valence-corrected chi connectivity index (χ0v) is 11.3. The SMILES string of the molecule is CCc1nc(CNc2ccc(C#N)c(C#N)c2)cs1. The van der Waals surface area contributed by atoms with Crippen molar-refractivity contribution >= 4 is 17.0 Å². The lowest BCUT2D eigenvalue weighted by atomic mass is 10.1. The van der Waals surface area contributed by atoms with Gasteiger partial charge in [0.15, 0.2) is 0 Å². The first-order chi connectivity index (χ1) is 9.26. The third-order valence-corrected chi connectivity index (χ3v) is 3.68. The van der Waals surface area contributed by atoms with Crippen molar-refractivity contribution in [1.29, 1.82) is 10.5 Å². The summed E-state index contributed by atoms with van der Waals surface area (Å²) in [5, 5.41) is 24.2. The lowest BCUT2D eigenvalue weighted by Gasteiger charge is -2.05. The smallest absolute Gasteiger partial charge is 0.101 e. The molecule has 1 aromatic carbocycles. The third kappa shape index (κ3) is 3.09. The van der Waals surface area contributed by atoms with Gasteiger partial charge in [-0.3, -0.25) is 0 Å².